The lowest BCUT2D eigenvalue weighted by Gasteiger charge is -2.24. The fraction of sp³-hybridized carbons (Fsp3) is 0.562. The highest BCUT2D eigenvalue weighted by Crippen LogP contribution is 2.21. The molecule has 0 heterocycles. The Labute approximate surface area is 116 Å². The summed E-state index contributed by atoms with van der Waals surface area (Å²) in [5.41, 5.74) is 1.10. The Bertz CT molecular complexity index is 387. The maximum absolute atomic E-state index is 12.0. The van der Waals surface area contributed by atoms with Crippen LogP contribution in [0, 0.1) is 11.8 Å². The zero-order valence-corrected chi connectivity index (χ0v) is 12.3. The summed E-state index contributed by atoms with van der Waals surface area (Å²) in [5.74, 6) is 0.311. The number of aliphatic hydroxyl groups excluding tert-OH is 1. The number of carbonyl (C=O) groups excluding carboxylic acids is 1. The van der Waals surface area contributed by atoms with E-state index in [9.17, 15) is 9.90 Å². The molecular weight excluding hydrogens is 238 g/mol. The Balaban J connectivity index is 2.67. The average Bonchev–Trinajstić information content (AvgIpc) is 2.36. The Hall–Kier alpha value is -1.35. The van der Waals surface area contributed by atoms with Gasteiger partial charge in [0.05, 0.1) is 18.6 Å². The fourth-order valence-electron chi connectivity index (χ4n) is 1.95. The van der Waals surface area contributed by atoms with Crippen LogP contribution >= 0.6 is 0 Å². The predicted molar refractivity (Wildman–Crippen MR) is 77.6 cm³/mol. The number of hydrogen-bond donors (Lipinski definition) is 2. The number of nitrogens with one attached hydrogen (secondary N) is 1. The molecule has 0 aromatic heterocycles. The van der Waals surface area contributed by atoms with E-state index in [1.165, 1.54) is 0 Å². The van der Waals surface area contributed by atoms with Gasteiger partial charge >= 0.3 is 0 Å². The van der Waals surface area contributed by atoms with Crippen molar-refractivity contribution in [2.45, 2.75) is 46.3 Å². The molecule has 0 bridgehead atoms. The highest BCUT2D eigenvalue weighted by atomic mass is 16.3. The summed E-state index contributed by atoms with van der Waals surface area (Å²) in [7, 11) is 0. The van der Waals surface area contributed by atoms with E-state index < -0.39 is 6.10 Å². The van der Waals surface area contributed by atoms with Gasteiger partial charge in [-0.25, -0.2) is 0 Å². The minimum Gasteiger partial charge on any atom is -0.392 e. The van der Waals surface area contributed by atoms with Crippen LogP contribution in [-0.4, -0.2) is 17.1 Å². The molecule has 2 atom stereocenters. The maximum atomic E-state index is 12.0. The molecule has 1 aromatic rings. The van der Waals surface area contributed by atoms with Gasteiger partial charge in [0.25, 0.3) is 0 Å². The van der Waals surface area contributed by atoms with Gasteiger partial charge in [-0.3, -0.25) is 4.79 Å². The first-order valence-corrected chi connectivity index (χ1v) is 6.94. The van der Waals surface area contributed by atoms with Crippen LogP contribution in [0.5, 0.6) is 0 Å². The van der Waals surface area contributed by atoms with Crippen molar-refractivity contribution in [2.24, 2.45) is 11.8 Å². The summed E-state index contributed by atoms with van der Waals surface area (Å²) in [5, 5.41) is 12.8. The van der Waals surface area contributed by atoms with E-state index >= 15 is 0 Å². The third kappa shape index (κ3) is 5.03. The number of carbonyl (C=O) groups is 1. The van der Waals surface area contributed by atoms with Gasteiger partial charge in [0, 0.05) is 0 Å². The summed E-state index contributed by atoms with van der Waals surface area (Å²) in [6, 6.07) is 9.94. The Morgan fingerprint density at radius 2 is 1.68 bits per heavy atom. The van der Waals surface area contributed by atoms with E-state index in [2.05, 4.69) is 19.2 Å². The number of benzene rings is 1. The molecule has 3 nitrogen and oxygen atoms in total. The number of rotatable bonds is 6. The number of amides is 1. The lowest BCUT2D eigenvalue weighted by atomic mass is 9.95. The SMILES string of the molecule is CC(C)C(O)CC(=O)NC(c1ccccc1)C(C)C. The fourth-order valence-corrected chi connectivity index (χ4v) is 1.95. The molecule has 2 N–H and O–H groups in total. The van der Waals surface area contributed by atoms with Crippen LogP contribution in [0.2, 0.25) is 0 Å². The molecule has 106 valence electrons. The van der Waals surface area contributed by atoms with E-state index in [4.69, 9.17) is 0 Å². The molecule has 0 aliphatic heterocycles. The normalized spacial score (nSPS) is 14.5. The molecule has 0 radical (unpaired) electrons. The lowest BCUT2D eigenvalue weighted by molar-refractivity contribution is -0.124. The molecule has 0 fully saturated rings. The minimum absolute atomic E-state index is 0.00642. The van der Waals surface area contributed by atoms with E-state index in [1.807, 2.05) is 44.2 Å². The van der Waals surface area contributed by atoms with Crippen molar-refractivity contribution >= 4 is 5.91 Å². The van der Waals surface area contributed by atoms with E-state index in [-0.39, 0.29) is 24.3 Å². The van der Waals surface area contributed by atoms with E-state index in [0.29, 0.717) is 5.92 Å². The van der Waals surface area contributed by atoms with Crippen LogP contribution in [0.4, 0.5) is 0 Å². The standard InChI is InChI=1S/C16H25NO2/c1-11(2)14(18)10-15(19)17-16(12(3)4)13-8-6-5-7-9-13/h5-9,11-12,14,16,18H,10H2,1-4H3,(H,17,19). The first-order valence-electron chi connectivity index (χ1n) is 6.94. The van der Waals surface area contributed by atoms with Crippen molar-refractivity contribution in [3.05, 3.63) is 35.9 Å². The second kappa shape index (κ2) is 7.29. The minimum atomic E-state index is -0.580. The summed E-state index contributed by atoms with van der Waals surface area (Å²) >= 11 is 0. The van der Waals surface area contributed by atoms with Gasteiger partial charge < -0.3 is 10.4 Å². The van der Waals surface area contributed by atoms with Crippen molar-refractivity contribution in [3.63, 3.8) is 0 Å². The van der Waals surface area contributed by atoms with Crippen LogP contribution < -0.4 is 5.32 Å². The highest BCUT2D eigenvalue weighted by molar-refractivity contribution is 5.77. The summed E-state index contributed by atoms with van der Waals surface area (Å²) in [4.78, 5) is 12.0. The summed E-state index contributed by atoms with van der Waals surface area (Å²) in [6.07, 6.45) is -0.420. The second-order valence-electron chi connectivity index (χ2n) is 5.72. The van der Waals surface area contributed by atoms with Crippen molar-refractivity contribution in [2.75, 3.05) is 0 Å². The van der Waals surface area contributed by atoms with E-state index in [0.717, 1.165) is 5.56 Å². The molecular formula is C16H25NO2. The van der Waals surface area contributed by atoms with Gasteiger partial charge in [-0.15, -0.1) is 0 Å². The van der Waals surface area contributed by atoms with Gasteiger partial charge in [-0.05, 0) is 17.4 Å². The second-order valence-corrected chi connectivity index (χ2v) is 5.72. The molecule has 0 spiro atoms. The van der Waals surface area contributed by atoms with Crippen LogP contribution in [-0.2, 0) is 4.79 Å². The third-order valence-corrected chi connectivity index (χ3v) is 3.31. The van der Waals surface area contributed by atoms with Gasteiger partial charge in [-0.1, -0.05) is 58.0 Å². The topological polar surface area (TPSA) is 49.3 Å². The van der Waals surface area contributed by atoms with Crippen LogP contribution in [0.3, 0.4) is 0 Å². The monoisotopic (exact) mass is 263 g/mol. The molecule has 0 aliphatic rings. The van der Waals surface area contributed by atoms with Gasteiger partial charge in [0.1, 0.15) is 0 Å². The number of aliphatic hydroxyl groups is 1. The first kappa shape index (κ1) is 15.7. The Kier molecular flexibility index (Phi) is 6.03. The lowest BCUT2D eigenvalue weighted by Crippen LogP contribution is -2.34. The molecule has 3 heteroatoms. The Morgan fingerprint density at radius 1 is 1.11 bits per heavy atom. The first-order chi connectivity index (χ1) is 8.91. The molecule has 0 aliphatic carbocycles. The molecule has 1 rings (SSSR count). The summed E-state index contributed by atoms with van der Waals surface area (Å²) < 4.78 is 0. The molecule has 1 aromatic carbocycles. The maximum Gasteiger partial charge on any atom is 0.223 e. The van der Waals surface area contributed by atoms with Crippen molar-refractivity contribution in [1.29, 1.82) is 0 Å². The van der Waals surface area contributed by atoms with Gasteiger partial charge in [0.15, 0.2) is 0 Å². The predicted octanol–water partition coefficient (Wildman–Crippen LogP) is 2.91. The zero-order chi connectivity index (χ0) is 14.4. The van der Waals surface area contributed by atoms with Crippen LogP contribution in [0.25, 0.3) is 0 Å². The van der Waals surface area contributed by atoms with Crippen LogP contribution in [0.15, 0.2) is 30.3 Å². The third-order valence-electron chi connectivity index (χ3n) is 3.31. The summed E-state index contributed by atoms with van der Waals surface area (Å²) in [6.45, 7) is 7.98. The van der Waals surface area contributed by atoms with E-state index in [1.54, 1.807) is 0 Å². The number of hydrogen-bond acceptors (Lipinski definition) is 2. The van der Waals surface area contributed by atoms with Gasteiger partial charge in [0.2, 0.25) is 5.91 Å². The molecule has 1 amide bonds. The van der Waals surface area contributed by atoms with Crippen LogP contribution in [0.1, 0.15) is 45.7 Å². The van der Waals surface area contributed by atoms with Crippen molar-refractivity contribution in [1.82, 2.24) is 5.32 Å². The van der Waals surface area contributed by atoms with Crippen molar-refractivity contribution < 1.29 is 9.90 Å². The largest absolute Gasteiger partial charge is 0.392 e. The zero-order valence-electron chi connectivity index (χ0n) is 12.3. The molecule has 19 heavy (non-hydrogen) atoms. The molecule has 0 saturated carbocycles. The smallest absolute Gasteiger partial charge is 0.223 e. The molecule has 2 unspecified atom stereocenters. The molecule has 0 saturated heterocycles. The quantitative estimate of drug-likeness (QED) is 0.829. The Morgan fingerprint density at radius 3 is 2.16 bits per heavy atom. The average molecular weight is 263 g/mol. The highest BCUT2D eigenvalue weighted by Gasteiger charge is 2.20. The van der Waals surface area contributed by atoms with Crippen molar-refractivity contribution in [3.8, 4) is 0 Å². The van der Waals surface area contributed by atoms with Gasteiger partial charge in [-0.2, -0.15) is 0 Å².